The summed E-state index contributed by atoms with van der Waals surface area (Å²) in [4.78, 5) is 12.3. The normalized spacial score (nSPS) is 14.1. The van der Waals surface area contributed by atoms with Gasteiger partial charge in [-0.05, 0) is 67.8 Å². The zero-order chi connectivity index (χ0) is 20.5. The lowest BCUT2D eigenvalue weighted by Crippen LogP contribution is -2.30. The summed E-state index contributed by atoms with van der Waals surface area (Å²) in [5.41, 5.74) is 1.55. The summed E-state index contributed by atoms with van der Waals surface area (Å²) >= 11 is 0. The number of rotatable bonds is 8. The molecule has 0 aliphatic carbocycles. The number of hydrogen-bond donors (Lipinski definition) is 2. The number of nitrogens with one attached hydrogen (secondary N) is 2. The SMILES string of the molecule is COc1ccc(/C=C/C(=O)Nc2cccc(OCC3CCNCC3)c2)cc1OC.Cl. The highest BCUT2D eigenvalue weighted by Crippen LogP contribution is 2.28. The highest BCUT2D eigenvalue weighted by Gasteiger charge is 2.13. The van der Waals surface area contributed by atoms with Crippen molar-refractivity contribution in [2.45, 2.75) is 12.8 Å². The Morgan fingerprint density at radius 3 is 2.60 bits per heavy atom. The van der Waals surface area contributed by atoms with Crippen LogP contribution in [0.25, 0.3) is 6.08 Å². The molecular weight excluding hydrogens is 404 g/mol. The minimum Gasteiger partial charge on any atom is -0.493 e. The van der Waals surface area contributed by atoms with Crippen molar-refractivity contribution in [1.29, 1.82) is 0 Å². The lowest BCUT2D eigenvalue weighted by Gasteiger charge is -2.22. The summed E-state index contributed by atoms with van der Waals surface area (Å²) in [6.07, 6.45) is 5.49. The average molecular weight is 433 g/mol. The summed E-state index contributed by atoms with van der Waals surface area (Å²) in [5.74, 6) is 2.41. The lowest BCUT2D eigenvalue weighted by atomic mass is 9.99. The van der Waals surface area contributed by atoms with E-state index in [1.807, 2.05) is 36.4 Å². The van der Waals surface area contributed by atoms with E-state index in [2.05, 4.69) is 10.6 Å². The van der Waals surface area contributed by atoms with E-state index in [9.17, 15) is 4.79 Å². The van der Waals surface area contributed by atoms with Crippen LogP contribution in [0.2, 0.25) is 0 Å². The average Bonchev–Trinajstić information content (AvgIpc) is 2.77. The molecule has 7 heteroatoms. The highest BCUT2D eigenvalue weighted by atomic mass is 35.5. The van der Waals surface area contributed by atoms with Gasteiger partial charge >= 0.3 is 0 Å². The minimum absolute atomic E-state index is 0. The third-order valence-electron chi connectivity index (χ3n) is 4.88. The van der Waals surface area contributed by atoms with Gasteiger partial charge < -0.3 is 24.8 Å². The maximum Gasteiger partial charge on any atom is 0.248 e. The molecule has 0 unspecified atom stereocenters. The Hall–Kier alpha value is -2.70. The fourth-order valence-corrected chi connectivity index (χ4v) is 3.24. The first kappa shape index (κ1) is 23.6. The van der Waals surface area contributed by atoms with Gasteiger partial charge in [-0.1, -0.05) is 12.1 Å². The van der Waals surface area contributed by atoms with Crippen molar-refractivity contribution in [1.82, 2.24) is 5.32 Å². The molecule has 3 rings (SSSR count). The quantitative estimate of drug-likeness (QED) is 0.613. The largest absolute Gasteiger partial charge is 0.493 e. The molecule has 162 valence electrons. The Bertz CT molecular complexity index is 851. The van der Waals surface area contributed by atoms with Crippen LogP contribution in [0.1, 0.15) is 18.4 Å². The molecule has 0 bridgehead atoms. The second-order valence-electron chi connectivity index (χ2n) is 6.97. The smallest absolute Gasteiger partial charge is 0.248 e. The molecule has 2 aromatic rings. The van der Waals surface area contributed by atoms with Crippen molar-refractivity contribution in [3.05, 3.63) is 54.1 Å². The number of hydrogen-bond acceptors (Lipinski definition) is 5. The summed E-state index contributed by atoms with van der Waals surface area (Å²) in [6.45, 7) is 2.81. The fraction of sp³-hybridized carbons (Fsp3) is 0.348. The van der Waals surface area contributed by atoms with E-state index in [0.29, 0.717) is 29.7 Å². The summed E-state index contributed by atoms with van der Waals surface area (Å²) in [5, 5.41) is 6.23. The van der Waals surface area contributed by atoms with Gasteiger partial charge in [0.2, 0.25) is 5.91 Å². The minimum atomic E-state index is -0.213. The fourth-order valence-electron chi connectivity index (χ4n) is 3.24. The molecular formula is C23H29ClN2O4. The Balaban J connectivity index is 0.00000320. The third kappa shape index (κ3) is 6.97. The van der Waals surface area contributed by atoms with Crippen LogP contribution >= 0.6 is 12.4 Å². The Labute approximate surface area is 184 Å². The van der Waals surface area contributed by atoms with Crippen molar-refractivity contribution in [2.75, 3.05) is 39.2 Å². The highest BCUT2D eigenvalue weighted by molar-refractivity contribution is 6.02. The summed E-state index contributed by atoms with van der Waals surface area (Å²) in [6, 6.07) is 13.0. The van der Waals surface area contributed by atoms with Gasteiger partial charge in [0.05, 0.1) is 20.8 Å². The topological polar surface area (TPSA) is 68.8 Å². The van der Waals surface area contributed by atoms with Crippen LogP contribution in [0, 0.1) is 5.92 Å². The van der Waals surface area contributed by atoms with Gasteiger partial charge in [-0.3, -0.25) is 4.79 Å². The number of carbonyl (C=O) groups is 1. The second kappa shape index (κ2) is 12.1. The number of ether oxygens (including phenoxy) is 3. The van der Waals surface area contributed by atoms with Crippen LogP contribution in [0.5, 0.6) is 17.2 Å². The van der Waals surface area contributed by atoms with Gasteiger partial charge in [-0.15, -0.1) is 12.4 Å². The molecule has 0 spiro atoms. The van der Waals surface area contributed by atoms with Gasteiger partial charge in [0, 0.05) is 17.8 Å². The van der Waals surface area contributed by atoms with Crippen LogP contribution in [-0.4, -0.2) is 39.8 Å². The summed E-state index contributed by atoms with van der Waals surface area (Å²) < 4.78 is 16.4. The maximum absolute atomic E-state index is 12.3. The van der Waals surface area contributed by atoms with E-state index in [1.54, 1.807) is 26.4 Å². The molecule has 30 heavy (non-hydrogen) atoms. The molecule has 6 nitrogen and oxygen atoms in total. The molecule has 0 radical (unpaired) electrons. The van der Waals surface area contributed by atoms with Gasteiger partial charge in [-0.25, -0.2) is 0 Å². The van der Waals surface area contributed by atoms with Crippen molar-refractivity contribution in [3.8, 4) is 17.2 Å². The van der Waals surface area contributed by atoms with E-state index >= 15 is 0 Å². The second-order valence-corrected chi connectivity index (χ2v) is 6.97. The number of methoxy groups -OCH3 is 2. The van der Waals surface area contributed by atoms with Crippen molar-refractivity contribution in [2.24, 2.45) is 5.92 Å². The Kier molecular flexibility index (Phi) is 9.51. The molecule has 0 atom stereocenters. The van der Waals surface area contributed by atoms with E-state index in [4.69, 9.17) is 14.2 Å². The number of halogens is 1. The maximum atomic E-state index is 12.3. The number of anilines is 1. The summed E-state index contributed by atoms with van der Waals surface area (Å²) in [7, 11) is 3.17. The Morgan fingerprint density at radius 1 is 1.10 bits per heavy atom. The van der Waals surface area contributed by atoms with Crippen LogP contribution < -0.4 is 24.8 Å². The Morgan fingerprint density at radius 2 is 1.87 bits per heavy atom. The van der Waals surface area contributed by atoms with Gasteiger partial charge in [-0.2, -0.15) is 0 Å². The molecule has 1 amide bonds. The van der Waals surface area contributed by atoms with E-state index in [-0.39, 0.29) is 18.3 Å². The molecule has 1 aliphatic heterocycles. The van der Waals surface area contributed by atoms with Crippen LogP contribution in [-0.2, 0) is 4.79 Å². The lowest BCUT2D eigenvalue weighted by molar-refractivity contribution is -0.111. The predicted octanol–water partition coefficient (Wildman–Crippen LogP) is 4.16. The zero-order valence-electron chi connectivity index (χ0n) is 17.4. The molecule has 2 N–H and O–H groups in total. The molecule has 1 fully saturated rings. The zero-order valence-corrected chi connectivity index (χ0v) is 18.2. The van der Waals surface area contributed by atoms with Crippen LogP contribution in [0.3, 0.4) is 0 Å². The molecule has 1 saturated heterocycles. The van der Waals surface area contributed by atoms with Gasteiger partial charge in [0.25, 0.3) is 0 Å². The monoisotopic (exact) mass is 432 g/mol. The first-order valence-corrected chi connectivity index (χ1v) is 9.82. The van der Waals surface area contributed by atoms with Crippen molar-refractivity contribution in [3.63, 3.8) is 0 Å². The van der Waals surface area contributed by atoms with E-state index < -0.39 is 0 Å². The first-order chi connectivity index (χ1) is 14.2. The van der Waals surface area contributed by atoms with Crippen molar-refractivity contribution < 1.29 is 19.0 Å². The molecule has 1 aliphatic rings. The molecule has 0 saturated carbocycles. The van der Waals surface area contributed by atoms with Crippen molar-refractivity contribution >= 4 is 30.1 Å². The number of amides is 1. The third-order valence-corrected chi connectivity index (χ3v) is 4.88. The number of carbonyl (C=O) groups excluding carboxylic acids is 1. The van der Waals surface area contributed by atoms with E-state index in [1.165, 1.54) is 6.08 Å². The van der Waals surface area contributed by atoms with Gasteiger partial charge in [0.15, 0.2) is 11.5 Å². The van der Waals surface area contributed by atoms with E-state index in [0.717, 1.165) is 37.2 Å². The molecule has 1 heterocycles. The van der Waals surface area contributed by atoms with Crippen LogP contribution in [0.15, 0.2) is 48.5 Å². The number of piperidine rings is 1. The van der Waals surface area contributed by atoms with Crippen LogP contribution in [0.4, 0.5) is 5.69 Å². The molecule has 2 aromatic carbocycles. The standard InChI is InChI=1S/C23H28N2O4.ClH/c1-27-21-8-6-17(14-22(21)28-2)7-9-23(26)25-19-4-3-5-20(15-19)29-16-18-10-12-24-13-11-18;/h3-9,14-15,18,24H,10-13,16H2,1-2H3,(H,25,26);1H/b9-7+;. The molecule has 0 aromatic heterocycles. The van der Waals surface area contributed by atoms with Gasteiger partial charge in [0.1, 0.15) is 5.75 Å². The predicted molar refractivity (Wildman–Crippen MR) is 122 cm³/mol. The first-order valence-electron chi connectivity index (χ1n) is 9.82. The number of benzene rings is 2.